The molecule has 0 saturated carbocycles. The molecule has 4 rings (SSSR count). The number of benzene rings is 2. The molecule has 2 aromatic heterocycles. The van der Waals surface area contributed by atoms with Crippen LogP contribution in [0.5, 0.6) is 0 Å². The summed E-state index contributed by atoms with van der Waals surface area (Å²) in [5.41, 5.74) is 3.28. The number of H-pyrrole nitrogens is 1. The van der Waals surface area contributed by atoms with Gasteiger partial charge in [0, 0.05) is 35.6 Å². The summed E-state index contributed by atoms with van der Waals surface area (Å²) in [7, 11) is 0. The van der Waals surface area contributed by atoms with Crippen LogP contribution in [0, 0.1) is 0 Å². The number of aryl methyl sites for hydroxylation is 1. The number of alkyl halides is 3. The second-order valence-corrected chi connectivity index (χ2v) is 7.92. The Morgan fingerprint density at radius 3 is 2.64 bits per heavy atom. The number of nitrogens with zero attached hydrogens (tertiary/aromatic N) is 1. The van der Waals surface area contributed by atoms with Gasteiger partial charge in [0.25, 0.3) is 0 Å². The number of carbonyl (C=O) groups excluding carboxylic acids is 1. The van der Waals surface area contributed by atoms with Crippen LogP contribution in [0.15, 0.2) is 73.1 Å². The molecular formula is C26H24F3N3O. The zero-order valence-electron chi connectivity index (χ0n) is 18.1. The summed E-state index contributed by atoms with van der Waals surface area (Å²) in [4.78, 5) is 20.3. The molecule has 0 radical (unpaired) electrons. The Labute approximate surface area is 189 Å². The van der Waals surface area contributed by atoms with Gasteiger partial charge in [0.1, 0.15) is 0 Å². The minimum atomic E-state index is -4.46. The monoisotopic (exact) mass is 451 g/mol. The van der Waals surface area contributed by atoms with Gasteiger partial charge in [-0.25, -0.2) is 0 Å². The summed E-state index contributed by atoms with van der Waals surface area (Å²) in [6.45, 7) is 2.30. The van der Waals surface area contributed by atoms with Gasteiger partial charge in [-0.3, -0.25) is 9.78 Å². The van der Waals surface area contributed by atoms with Crippen molar-refractivity contribution < 1.29 is 18.0 Å². The Kier molecular flexibility index (Phi) is 6.49. The van der Waals surface area contributed by atoms with Crippen LogP contribution in [0.3, 0.4) is 0 Å². The smallest absolute Gasteiger partial charge is 0.361 e. The number of aromatic nitrogens is 2. The fourth-order valence-electron chi connectivity index (χ4n) is 4.11. The fourth-order valence-corrected chi connectivity index (χ4v) is 4.11. The minimum absolute atomic E-state index is 0.0114. The normalized spacial score (nSPS) is 12.6. The fraction of sp³-hybridized carbons (Fsp3) is 0.231. The van der Waals surface area contributed by atoms with Gasteiger partial charge in [0.15, 0.2) is 0 Å². The van der Waals surface area contributed by atoms with Crippen molar-refractivity contribution in [3.05, 3.63) is 101 Å². The maximum atomic E-state index is 13.4. The maximum absolute atomic E-state index is 13.4. The number of amides is 1. The van der Waals surface area contributed by atoms with Crippen LogP contribution < -0.4 is 5.32 Å². The Morgan fingerprint density at radius 2 is 1.91 bits per heavy atom. The maximum Gasteiger partial charge on any atom is 0.416 e. The van der Waals surface area contributed by atoms with Crippen LogP contribution in [0.1, 0.15) is 47.2 Å². The number of carbonyl (C=O) groups is 1. The molecule has 33 heavy (non-hydrogen) atoms. The second kappa shape index (κ2) is 9.48. The van der Waals surface area contributed by atoms with Crippen molar-refractivity contribution in [2.45, 2.75) is 38.4 Å². The Balaban J connectivity index is 1.70. The molecule has 1 amide bonds. The molecule has 170 valence electrons. The SMILES string of the molecule is CCc1cccc2c([C@H](CC(=O)NCc3ccccn3)c3cccc(C(F)(F)F)c3)c[nH]c12. The van der Waals surface area contributed by atoms with E-state index in [0.717, 1.165) is 40.6 Å². The molecule has 1 atom stereocenters. The summed E-state index contributed by atoms with van der Waals surface area (Å²) in [5, 5.41) is 3.75. The van der Waals surface area contributed by atoms with Crippen LogP contribution in [0.25, 0.3) is 10.9 Å². The third-order valence-electron chi connectivity index (χ3n) is 5.79. The third-order valence-corrected chi connectivity index (χ3v) is 5.79. The van der Waals surface area contributed by atoms with Crippen LogP contribution in [-0.4, -0.2) is 15.9 Å². The van der Waals surface area contributed by atoms with Gasteiger partial charge < -0.3 is 10.3 Å². The number of fused-ring (bicyclic) bond motifs is 1. The van der Waals surface area contributed by atoms with E-state index in [-0.39, 0.29) is 18.9 Å². The molecule has 2 N–H and O–H groups in total. The van der Waals surface area contributed by atoms with E-state index >= 15 is 0 Å². The number of pyridine rings is 1. The number of hydrogen-bond donors (Lipinski definition) is 2. The lowest BCUT2D eigenvalue weighted by molar-refractivity contribution is -0.137. The van der Waals surface area contributed by atoms with Gasteiger partial charge in [-0.1, -0.05) is 49.4 Å². The molecule has 2 aromatic carbocycles. The van der Waals surface area contributed by atoms with E-state index in [9.17, 15) is 18.0 Å². The lowest BCUT2D eigenvalue weighted by Crippen LogP contribution is -2.25. The van der Waals surface area contributed by atoms with Gasteiger partial charge in [-0.15, -0.1) is 0 Å². The van der Waals surface area contributed by atoms with E-state index in [4.69, 9.17) is 0 Å². The first kappa shape index (κ1) is 22.6. The Bertz CT molecular complexity index is 1250. The van der Waals surface area contributed by atoms with Crippen LogP contribution in [0.2, 0.25) is 0 Å². The number of aromatic amines is 1. The number of para-hydroxylation sites is 1. The number of halogens is 3. The lowest BCUT2D eigenvalue weighted by atomic mass is 9.86. The van der Waals surface area contributed by atoms with E-state index < -0.39 is 17.7 Å². The summed E-state index contributed by atoms with van der Waals surface area (Å²) in [5.74, 6) is -0.805. The summed E-state index contributed by atoms with van der Waals surface area (Å²) >= 11 is 0. The van der Waals surface area contributed by atoms with E-state index in [2.05, 4.69) is 15.3 Å². The van der Waals surface area contributed by atoms with Crippen molar-refractivity contribution in [3.63, 3.8) is 0 Å². The van der Waals surface area contributed by atoms with Gasteiger partial charge in [0.05, 0.1) is 17.8 Å². The predicted molar refractivity (Wildman–Crippen MR) is 122 cm³/mol. The highest BCUT2D eigenvalue weighted by Gasteiger charge is 2.32. The number of nitrogens with one attached hydrogen (secondary N) is 2. The molecule has 4 aromatic rings. The summed E-state index contributed by atoms with van der Waals surface area (Å²) in [6, 6.07) is 16.5. The Morgan fingerprint density at radius 1 is 1.09 bits per heavy atom. The van der Waals surface area contributed by atoms with E-state index in [1.165, 1.54) is 6.07 Å². The minimum Gasteiger partial charge on any atom is -0.361 e. The molecule has 0 spiro atoms. The molecule has 0 aliphatic heterocycles. The van der Waals surface area contributed by atoms with Crippen LogP contribution in [-0.2, 0) is 23.9 Å². The number of hydrogen-bond acceptors (Lipinski definition) is 2. The van der Waals surface area contributed by atoms with E-state index in [1.54, 1.807) is 30.6 Å². The van der Waals surface area contributed by atoms with Gasteiger partial charge in [-0.05, 0) is 41.3 Å². The molecule has 0 fully saturated rings. The Hall–Kier alpha value is -3.61. The molecular weight excluding hydrogens is 427 g/mol. The first-order valence-electron chi connectivity index (χ1n) is 10.8. The predicted octanol–water partition coefficient (Wildman–Crippen LogP) is 5.98. The first-order chi connectivity index (χ1) is 15.9. The molecule has 0 bridgehead atoms. The highest BCUT2D eigenvalue weighted by molar-refractivity contribution is 5.88. The summed E-state index contributed by atoms with van der Waals surface area (Å²) < 4.78 is 40.2. The quantitative estimate of drug-likeness (QED) is 0.363. The molecule has 0 saturated heterocycles. The molecule has 4 nitrogen and oxygen atoms in total. The lowest BCUT2D eigenvalue weighted by Gasteiger charge is -2.19. The third kappa shape index (κ3) is 5.08. The zero-order chi connectivity index (χ0) is 23.4. The van der Waals surface area contributed by atoms with E-state index in [1.807, 2.05) is 31.2 Å². The van der Waals surface area contributed by atoms with Gasteiger partial charge in [-0.2, -0.15) is 13.2 Å². The molecule has 0 aliphatic rings. The van der Waals surface area contributed by atoms with Gasteiger partial charge in [0.2, 0.25) is 5.91 Å². The summed E-state index contributed by atoms with van der Waals surface area (Å²) in [6.07, 6.45) is -0.185. The molecule has 7 heteroatoms. The molecule has 2 heterocycles. The number of rotatable bonds is 7. The standard InChI is InChI=1S/C26H24F3N3O/c1-2-17-7-6-11-21-23(16-32-25(17)21)22(18-8-5-9-19(13-18)26(27,28)29)14-24(33)31-15-20-10-3-4-12-30-20/h3-13,16,22,32H,2,14-15H2,1H3,(H,31,33)/t22-/m1/s1. The molecule has 0 unspecified atom stereocenters. The second-order valence-electron chi connectivity index (χ2n) is 7.92. The largest absolute Gasteiger partial charge is 0.416 e. The topological polar surface area (TPSA) is 57.8 Å². The average molecular weight is 451 g/mol. The van der Waals surface area contributed by atoms with Crippen LogP contribution >= 0.6 is 0 Å². The zero-order valence-corrected chi connectivity index (χ0v) is 18.1. The average Bonchev–Trinajstić information content (AvgIpc) is 3.25. The van der Waals surface area contributed by atoms with Crippen molar-refractivity contribution in [3.8, 4) is 0 Å². The van der Waals surface area contributed by atoms with E-state index in [0.29, 0.717) is 11.3 Å². The van der Waals surface area contributed by atoms with Gasteiger partial charge >= 0.3 is 6.18 Å². The highest BCUT2D eigenvalue weighted by Crippen LogP contribution is 2.37. The highest BCUT2D eigenvalue weighted by atomic mass is 19.4. The van der Waals surface area contributed by atoms with Crippen molar-refractivity contribution >= 4 is 16.8 Å². The van der Waals surface area contributed by atoms with Crippen molar-refractivity contribution in [1.29, 1.82) is 0 Å². The first-order valence-corrected chi connectivity index (χ1v) is 10.8. The van der Waals surface area contributed by atoms with Crippen molar-refractivity contribution in [2.24, 2.45) is 0 Å². The van der Waals surface area contributed by atoms with Crippen molar-refractivity contribution in [2.75, 3.05) is 0 Å². The van der Waals surface area contributed by atoms with Crippen LogP contribution in [0.4, 0.5) is 13.2 Å². The van der Waals surface area contributed by atoms with Crippen molar-refractivity contribution in [1.82, 2.24) is 15.3 Å². The molecule has 0 aliphatic carbocycles.